The van der Waals surface area contributed by atoms with Gasteiger partial charge in [-0.2, -0.15) is 0 Å². The predicted octanol–water partition coefficient (Wildman–Crippen LogP) is 6.46. The van der Waals surface area contributed by atoms with Gasteiger partial charge in [0.05, 0.1) is 0 Å². The van der Waals surface area contributed by atoms with Gasteiger partial charge in [-0.3, -0.25) is 0 Å². The molecule has 0 saturated heterocycles. The summed E-state index contributed by atoms with van der Waals surface area (Å²) < 4.78 is 0. The van der Waals surface area contributed by atoms with Gasteiger partial charge in [0.1, 0.15) is 0 Å². The van der Waals surface area contributed by atoms with Crippen molar-refractivity contribution < 1.29 is 16.5 Å². The van der Waals surface area contributed by atoms with E-state index in [1.54, 1.807) is 77.0 Å². The fraction of sp³-hybridized carbons (Fsp3) is 1.00. The second-order valence-corrected chi connectivity index (χ2v) is 10.4. The summed E-state index contributed by atoms with van der Waals surface area (Å²) in [6.07, 6.45) is 23.6. The Morgan fingerprint density at radius 1 is 0.400 bits per heavy atom. The maximum atomic E-state index is 1.61. The molecule has 0 atom stereocenters. The first-order chi connectivity index (χ1) is 9.45. The molecule has 120 valence electrons. The quantitative estimate of drug-likeness (QED) is 0.409. The van der Waals surface area contributed by atoms with E-state index in [-0.39, 0.29) is 16.5 Å². The van der Waals surface area contributed by atoms with Crippen LogP contribution in [0.4, 0.5) is 0 Å². The molecular formula is C18H33NiP. The van der Waals surface area contributed by atoms with Gasteiger partial charge in [0.25, 0.3) is 0 Å². The Labute approximate surface area is 137 Å². The van der Waals surface area contributed by atoms with E-state index >= 15 is 0 Å². The first-order valence-electron chi connectivity index (χ1n) is 9.22. The van der Waals surface area contributed by atoms with Crippen molar-refractivity contribution in [3.8, 4) is 0 Å². The molecule has 0 amide bonds. The molecule has 0 spiro atoms. The molecule has 0 aromatic rings. The Kier molecular flexibility index (Phi) is 7.91. The van der Waals surface area contributed by atoms with Crippen molar-refractivity contribution in [2.75, 3.05) is 0 Å². The van der Waals surface area contributed by atoms with Crippen LogP contribution in [0.3, 0.4) is 0 Å². The molecular weight excluding hydrogens is 306 g/mol. The van der Waals surface area contributed by atoms with Crippen molar-refractivity contribution in [3.05, 3.63) is 0 Å². The Balaban J connectivity index is 0.00000147. The van der Waals surface area contributed by atoms with Crippen molar-refractivity contribution in [2.45, 2.75) is 113 Å². The summed E-state index contributed by atoms with van der Waals surface area (Å²) in [5, 5.41) is 0. The fourth-order valence-corrected chi connectivity index (χ4v) is 9.71. The van der Waals surface area contributed by atoms with Crippen LogP contribution in [0.1, 0.15) is 96.3 Å². The summed E-state index contributed by atoms with van der Waals surface area (Å²) in [6, 6.07) is 0. The number of hydrogen-bond acceptors (Lipinski definition) is 0. The van der Waals surface area contributed by atoms with E-state index in [2.05, 4.69) is 0 Å². The first-order valence-corrected chi connectivity index (χ1v) is 10.8. The van der Waals surface area contributed by atoms with Crippen LogP contribution in [-0.2, 0) is 16.5 Å². The number of hydrogen-bond donors (Lipinski definition) is 0. The minimum Gasteiger partial charge on any atom is -0.0971 e. The molecule has 2 heteroatoms. The van der Waals surface area contributed by atoms with Crippen LogP contribution >= 0.6 is 7.92 Å². The summed E-state index contributed by atoms with van der Waals surface area (Å²) >= 11 is 0. The van der Waals surface area contributed by atoms with Crippen LogP contribution in [0.15, 0.2) is 0 Å². The molecule has 3 rings (SSSR count). The maximum Gasteiger partial charge on any atom is 0 e. The fourth-order valence-electron chi connectivity index (χ4n) is 5.03. The molecule has 0 bridgehead atoms. The summed E-state index contributed by atoms with van der Waals surface area (Å²) in [7, 11) is 0.385. The Hall–Kier alpha value is 0.924. The van der Waals surface area contributed by atoms with Gasteiger partial charge in [-0.1, -0.05) is 65.7 Å². The van der Waals surface area contributed by atoms with Crippen molar-refractivity contribution in [3.63, 3.8) is 0 Å². The largest absolute Gasteiger partial charge is 0.0971 e. The van der Waals surface area contributed by atoms with Crippen molar-refractivity contribution >= 4 is 7.92 Å². The SMILES string of the molecule is C1CCC(P(C2CCCCC2)C2CCCCC2)CC1.[Ni]. The standard InChI is InChI=1S/C18H33P.Ni/c1-4-10-16(11-5-1)19(17-12-6-2-7-13-17)18-14-8-3-9-15-18;/h16-18H,1-15H2;. The van der Waals surface area contributed by atoms with Gasteiger partial charge >= 0.3 is 0 Å². The zero-order valence-electron chi connectivity index (χ0n) is 13.1. The number of rotatable bonds is 3. The van der Waals surface area contributed by atoms with Crippen LogP contribution in [0.5, 0.6) is 0 Å². The normalized spacial score (nSPS) is 27.4. The van der Waals surface area contributed by atoms with Crippen LogP contribution < -0.4 is 0 Å². The third kappa shape index (κ3) is 4.46. The molecule has 0 N–H and O–H groups in total. The molecule has 0 aliphatic heterocycles. The van der Waals surface area contributed by atoms with Crippen molar-refractivity contribution in [1.82, 2.24) is 0 Å². The zero-order valence-corrected chi connectivity index (χ0v) is 15.0. The van der Waals surface area contributed by atoms with E-state index in [1.165, 1.54) is 36.2 Å². The Bertz CT molecular complexity index is 207. The molecule has 0 heterocycles. The molecule has 0 nitrogen and oxygen atoms in total. The summed E-state index contributed by atoms with van der Waals surface area (Å²) in [6.45, 7) is 0. The maximum absolute atomic E-state index is 1.61. The van der Waals surface area contributed by atoms with Crippen molar-refractivity contribution in [2.24, 2.45) is 0 Å². The average molecular weight is 339 g/mol. The van der Waals surface area contributed by atoms with Gasteiger partial charge in [-0.25, -0.2) is 0 Å². The molecule has 0 aromatic heterocycles. The monoisotopic (exact) mass is 338 g/mol. The van der Waals surface area contributed by atoms with E-state index in [0.717, 1.165) is 0 Å². The molecule has 3 fully saturated rings. The van der Waals surface area contributed by atoms with E-state index < -0.39 is 0 Å². The summed E-state index contributed by atoms with van der Waals surface area (Å²) in [5.74, 6) is 0. The minimum absolute atomic E-state index is 0. The molecule has 0 aromatic carbocycles. The third-order valence-electron chi connectivity index (χ3n) is 5.99. The van der Waals surface area contributed by atoms with E-state index in [4.69, 9.17) is 0 Å². The zero-order chi connectivity index (χ0) is 12.9. The van der Waals surface area contributed by atoms with Crippen LogP contribution in [0, 0.1) is 0 Å². The predicted molar refractivity (Wildman–Crippen MR) is 87.5 cm³/mol. The molecule has 0 unspecified atom stereocenters. The van der Waals surface area contributed by atoms with Gasteiger partial charge in [-0.15, -0.1) is 0 Å². The van der Waals surface area contributed by atoms with E-state index in [0.29, 0.717) is 7.92 Å². The Morgan fingerprint density at radius 3 is 0.900 bits per heavy atom. The second-order valence-electron chi connectivity index (χ2n) is 7.32. The van der Waals surface area contributed by atoms with Gasteiger partial charge in [0.15, 0.2) is 0 Å². The summed E-state index contributed by atoms with van der Waals surface area (Å²) in [5.41, 5.74) is 3.57. The first kappa shape index (κ1) is 17.3. The van der Waals surface area contributed by atoms with Crippen molar-refractivity contribution in [1.29, 1.82) is 0 Å². The van der Waals surface area contributed by atoms with E-state index in [9.17, 15) is 0 Å². The molecule has 0 radical (unpaired) electrons. The van der Waals surface area contributed by atoms with Crippen LogP contribution in [-0.4, -0.2) is 17.0 Å². The molecule has 3 aliphatic carbocycles. The van der Waals surface area contributed by atoms with Gasteiger partial charge < -0.3 is 0 Å². The molecule has 20 heavy (non-hydrogen) atoms. The van der Waals surface area contributed by atoms with E-state index in [1.807, 2.05) is 0 Å². The van der Waals surface area contributed by atoms with Crippen LogP contribution in [0.2, 0.25) is 0 Å². The Morgan fingerprint density at radius 2 is 0.650 bits per heavy atom. The minimum atomic E-state index is 0. The van der Waals surface area contributed by atoms with Gasteiger partial charge in [0.2, 0.25) is 0 Å². The molecule has 3 aliphatic rings. The third-order valence-corrected chi connectivity index (χ3v) is 10.1. The van der Waals surface area contributed by atoms with Gasteiger partial charge in [-0.05, 0) is 55.5 Å². The van der Waals surface area contributed by atoms with Crippen LogP contribution in [0.25, 0.3) is 0 Å². The summed E-state index contributed by atoms with van der Waals surface area (Å²) in [4.78, 5) is 0. The second kappa shape index (κ2) is 9.15. The van der Waals surface area contributed by atoms with Gasteiger partial charge in [0, 0.05) is 16.5 Å². The topological polar surface area (TPSA) is 0 Å². The molecule has 3 saturated carbocycles. The average Bonchev–Trinajstić information content (AvgIpc) is 2.51. The smallest absolute Gasteiger partial charge is 0 e.